The van der Waals surface area contributed by atoms with E-state index >= 15 is 0 Å². The van der Waals surface area contributed by atoms with Crippen LogP contribution in [0.25, 0.3) is 10.9 Å². The normalized spacial score (nSPS) is 20.1. The lowest BCUT2D eigenvalue weighted by Crippen LogP contribution is -2.53. The molecule has 0 bridgehead atoms. The van der Waals surface area contributed by atoms with Crippen molar-refractivity contribution >= 4 is 22.8 Å². The predicted octanol–water partition coefficient (Wildman–Crippen LogP) is 3.70. The summed E-state index contributed by atoms with van der Waals surface area (Å²) in [5, 5.41) is 3.84. The van der Waals surface area contributed by atoms with Crippen molar-refractivity contribution in [1.82, 2.24) is 15.2 Å². The maximum atomic E-state index is 13.4. The summed E-state index contributed by atoms with van der Waals surface area (Å²) in [7, 11) is 1.32. The molecule has 0 spiro atoms. The lowest BCUT2D eigenvalue weighted by molar-refractivity contribution is -0.147. The predicted molar refractivity (Wildman–Crippen MR) is 122 cm³/mol. The van der Waals surface area contributed by atoms with E-state index in [0.717, 1.165) is 16.5 Å². The zero-order valence-corrected chi connectivity index (χ0v) is 18.8. The smallest absolute Gasteiger partial charge is 0.334 e. The molecule has 2 N–H and O–H groups in total. The van der Waals surface area contributed by atoms with Crippen molar-refractivity contribution in [2.24, 2.45) is 0 Å². The molecule has 2 aromatic carbocycles. The summed E-state index contributed by atoms with van der Waals surface area (Å²) >= 11 is 0. The number of amides is 1. The number of carbonyl (C=O) groups is 2. The Morgan fingerprint density at radius 2 is 1.84 bits per heavy atom. The summed E-state index contributed by atoms with van der Waals surface area (Å²) in [6.45, 7) is 6.22. The van der Waals surface area contributed by atoms with E-state index in [1.165, 1.54) is 7.11 Å². The highest BCUT2D eigenvalue weighted by Gasteiger charge is 2.46. The summed E-state index contributed by atoms with van der Waals surface area (Å²) in [5.74, 6) is -0.813. The van der Waals surface area contributed by atoms with Crippen molar-refractivity contribution in [3.05, 3.63) is 71.9 Å². The quantitative estimate of drug-likeness (QED) is 0.577. The number of H-pyrrole nitrogens is 1. The van der Waals surface area contributed by atoms with Crippen LogP contribution in [0.3, 0.4) is 0 Å². The van der Waals surface area contributed by atoms with Crippen molar-refractivity contribution in [1.29, 1.82) is 0 Å². The summed E-state index contributed by atoms with van der Waals surface area (Å²) < 4.78 is 11.0. The highest BCUT2D eigenvalue weighted by atomic mass is 16.5. The van der Waals surface area contributed by atoms with Crippen LogP contribution in [0.15, 0.2) is 60.7 Å². The van der Waals surface area contributed by atoms with E-state index in [-0.39, 0.29) is 11.9 Å². The zero-order chi connectivity index (χ0) is 22.9. The molecule has 1 aromatic heterocycles. The summed E-state index contributed by atoms with van der Waals surface area (Å²) in [5.41, 5.74) is 1.91. The third-order valence-electron chi connectivity index (χ3n) is 6.12. The van der Waals surface area contributed by atoms with Gasteiger partial charge in [-0.1, -0.05) is 48.5 Å². The molecule has 0 saturated carbocycles. The first-order chi connectivity index (χ1) is 15.3. The van der Waals surface area contributed by atoms with Gasteiger partial charge in [0, 0.05) is 5.52 Å². The molecule has 1 fully saturated rings. The van der Waals surface area contributed by atoms with E-state index in [2.05, 4.69) is 15.2 Å². The number of hydrogen-bond donors (Lipinski definition) is 2. The zero-order valence-electron chi connectivity index (χ0n) is 18.8. The number of nitrogens with one attached hydrogen (secondary N) is 2. The largest absolute Gasteiger partial charge is 0.467 e. The number of aromatic amines is 1. The van der Waals surface area contributed by atoms with Crippen molar-refractivity contribution in [3.8, 4) is 0 Å². The van der Waals surface area contributed by atoms with Crippen molar-refractivity contribution in [3.63, 3.8) is 0 Å². The Hall–Kier alpha value is -3.16. The molecule has 7 heteroatoms. The first kappa shape index (κ1) is 22.0. The Morgan fingerprint density at radius 1 is 1.16 bits per heavy atom. The molecule has 3 aromatic rings. The fourth-order valence-corrected chi connectivity index (χ4v) is 4.50. The molecule has 0 radical (unpaired) electrons. The van der Waals surface area contributed by atoms with Gasteiger partial charge in [0.15, 0.2) is 6.04 Å². The highest BCUT2D eigenvalue weighted by molar-refractivity contribution is 5.89. The third kappa shape index (κ3) is 4.13. The topological polar surface area (TPSA) is 83.7 Å². The second kappa shape index (κ2) is 8.76. The SMILES string of the molecule is COC(=O)[C@@H](NC(=O)[C@H](C)N1[C@H](c2ccccc2)COC1(C)C)c1cc2ccccc2[nH]1. The number of ether oxygens (including phenoxy) is 2. The maximum absolute atomic E-state index is 13.4. The first-order valence-corrected chi connectivity index (χ1v) is 10.7. The van der Waals surface area contributed by atoms with Gasteiger partial charge in [0.1, 0.15) is 5.72 Å². The molecule has 2 heterocycles. The monoisotopic (exact) mass is 435 g/mol. The van der Waals surface area contributed by atoms with Gasteiger partial charge >= 0.3 is 5.97 Å². The van der Waals surface area contributed by atoms with Crippen LogP contribution in [0, 0.1) is 0 Å². The van der Waals surface area contributed by atoms with Crippen LogP contribution < -0.4 is 5.32 Å². The molecule has 3 atom stereocenters. The van der Waals surface area contributed by atoms with Crippen LogP contribution in [0.1, 0.15) is 44.1 Å². The van der Waals surface area contributed by atoms with Gasteiger partial charge in [0.2, 0.25) is 5.91 Å². The van der Waals surface area contributed by atoms with Crippen LogP contribution >= 0.6 is 0 Å². The lowest BCUT2D eigenvalue weighted by Gasteiger charge is -2.38. The second-order valence-corrected chi connectivity index (χ2v) is 8.54. The van der Waals surface area contributed by atoms with Crippen molar-refractivity contribution < 1.29 is 19.1 Å². The van der Waals surface area contributed by atoms with Crippen molar-refractivity contribution in [2.75, 3.05) is 13.7 Å². The molecule has 1 saturated heterocycles. The fraction of sp³-hybridized carbons (Fsp3) is 0.360. The van der Waals surface area contributed by atoms with E-state index in [0.29, 0.717) is 12.3 Å². The van der Waals surface area contributed by atoms with E-state index in [1.54, 1.807) is 0 Å². The number of aromatic nitrogens is 1. The Labute approximate surface area is 187 Å². The molecule has 7 nitrogen and oxygen atoms in total. The molecule has 1 aliphatic heterocycles. The third-order valence-corrected chi connectivity index (χ3v) is 6.12. The Bertz CT molecular complexity index is 1080. The van der Waals surface area contributed by atoms with Crippen LogP contribution in [-0.4, -0.2) is 47.2 Å². The first-order valence-electron chi connectivity index (χ1n) is 10.7. The molecule has 32 heavy (non-hydrogen) atoms. The molecule has 4 rings (SSSR count). The Balaban J connectivity index is 1.60. The van der Waals surface area contributed by atoms with E-state index in [9.17, 15) is 9.59 Å². The van der Waals surface area contributed by atoms with Crippen LogP contribution in [0.5, 0.6) is 0 Å². The van der Waals surface area contributed by atoms with Crippen molar-refractivity contribution in [2.45, 2.75) is 44.6 Å². The maximum Gasteiger partial charge on any atom is 0.334 e. The van der Waals surface area contributed by atoms with Gasteiger partial charge in [-0.2, -0.15) is 0 Å². The number of carbonyl (C=O) groups excluding carboxylic acids is 2. The lowest BCUT2D eigenvalue weighted by atomic mass is 10.0. The molecular weight excluding hydrogens is 406 g/mol. The average molecular weight is 436 g/mol. The number of fused-ring (bicyclic) bond motifs is 1. The summed E-state index contributed by atoms with van der Waals surface area (Å²) in [6, 6.07) is 18.0. The van der Waals surface area contributed by atoms with Crippen LogP contribution in [-0.2, 0) is 19.1 Å². The van der Waals surface area contributed by atoms with E-state index in [1.807, 2.05) is 81.4 Å². The standard InChI is InChI=1S/C25H29N3O4/c1-16(28-21(15-32-25(28,2)3)17-10-6-5-7-11-17)23(29)27-22(24(30)31-4)20-14-18-12-8-9-13-19(18)26-20/h5-14,16,21-22,26H,15H2,1-4H3,(H,27,29)/t16-,21-,22-/m0/s1. The van der Waals surface area contributed by atoms with Gasteiger partial charge in [-0.25, -0.2) is 4.79 Å². The minimum absolute atomic E-state index is 0.0726. The van der Waals surface area contributed by atoms with Crippen LogP contribution in [0.4, 0.5) is 0 Å². The van der Waals surface area contributed by atoms with Crippen LogP contribution in [0.2, 0.25) is 0 Å². The highest BCUT2D eigenvalue weighted by Crippen LogP contribution is 2.38. The fourth-order valence-electron chi connectivity index (χ4n) is 4.50. The number of hydrogen-bond acceptors (Lipinski definition) is 5. The second-order valence-electron chi connectivity index (χ2n) is 8.54. The molecule has 1 aliphatic rings. The minimum atomic E-state index is -0.941. The number of benzene rings is 2. The molecule has 0 aliphatic carbocycles. The average Bonchev–Trinajstić information content (AvgIpc) is 3.36. The van der Waals surface area contributed by atoms with Gasteiger partial charge in [0.05, 0.1) is 31.5 Å². The number of nitrogens with zero attached hydrogens (tertiary/aromatic N) is 1. The van der Waals surface area contributed by atoms with E-state index in [4.69, 9.17) is 9.47 Å². The molecular formula is C25H29N3O4. The van der Waals surface area contributed by atoms with E-state index < -0.39 is 23.8 Å². The van der Waals surface area contributed by atoms with Gasteiger partial charge in [-0.3, -0.25) is 9.69 Å². The number of para-hydroxylation sites is 1. The molecule has 168 valence electrons. The minimum Gasteiger partial charge on any atom is -0.467 e. The van der Waals surface area contributed by atoms with Gasteiger partial charge < -0.3 is 19.8 Å². The Morgan fingerprint density at radius 3 is 2.53 bits per heavy atom. The number of methoxy groups -OCH3 is 1. The van der Waals surface area contributed by atoms with Gasteiger partial charge in [0.25, 0.3) is 0 Å². The molecule has 0 unspecified atom stereocenters. The Kier molecular flexibility index (Phi) is 6.04. The number of rotatable bonds is 6. The number of esters is 1. The summed E-state index contributed by atoms with van der Waals surface area (Å²) in [6.07, 6.45) is 0. The summed E-state index contributed by atoms with van der Waals surface area (Å²) in [4.78, 5) is 31.2. The molecule has 1 amide bonds. The van der Waals surface area contributed by atoms with Gasteiger partial charge in [-0.15, -0.1) is 0 Å². The van der Waals surface area contributed by atoms with Gasteiger partial charge in [-0.05, 0) is 43.9 Å².